The summed E-state index contributed by atoms with van der Waals surface area (Å²) in [6.07, 6.45) is 2.12. The smallest absolute Gasteiger partial charge is 0.411 e. The molecule has 9 nitrogen and oxygen atoms in total. The first-order chi connectivity index (χ1) is 19.8. The van der Waals surface area contributed by atoms with E-state index < -0.39 is 20.5 Å². The minimum atomic E-state index is -2.11. The predicted molar refractivity (Wildman–Crippen MR) is 166 cm³/mol. The van der Waals surface area contributed by atoms with E-state index in [4.69, 9.17) is 18.6 Å². The number of anilines is 1. The van der Waals surface area contributed by atoms with E-state index in [0.717, 1.165) is 11.1 Å². The van der Waals surface area contributed by atoms with E-state index in [-0.39, 0.29) is 41.5 Å². The van der Waals surface area contributed by atoms with Gasteiger partial charge in [-0.15, -0.1) is 0 Å². The van der Waals surface area contributed by atoms with Crippen LogP contribution in [0.15, 0.2) is 66.9 Å². The van der Waals surface area contributed by atoms with Gasteiger partial charge in [0, 0.05) is 12.3 Å². The molecule has 228 valence electrons. The summed E-state index contributed by atoms with van der Waals surface area (Å²) in [4.78, 5) is 28.3. The van der Waals surface area contributed by atoms with Crippen molar-refractivity contribution in [3.63, 3.8) is 0 Å². The number of aliphatic hydroxyl groups excluding tert-OH is 1. The van der Waals surface area contributed by atoms with Crippen LogP contribution in [0.1, 0.15) is 50.0 Å². The molecule has 0 aliphatic carbocycles. The number of hydrogen-bond donors (Lipinski definition) is 2. The number of amides is 2. The predicted octanol–water partition coefficient (Wildman–Crippen LogP) is 6.51. The molecular formula is C32H44N2O7Si. The number of methoxy groups -OCH3 is 1. The van der Waals surface area contributed by atoms with Gasteiger partial charge in [0.2, 0.25) is 0 Å². The molecule has 0 aromatic heterocycles. The highest BCUT2D eigenvalue weighted by molar-refractivity contribution is 6.74. The van der Waals surface area contributed by atoms with E-state index in [9.17, 15) is 14.7 Å². The average molecular weight is 597 g/mol. The maximum Gasteiger partial charge on any atom is 0.411 e. The first-order valence-electron chi connectivity index (χ1n) is 14.1. The Morgan fingerprint density at radius 3 is 2.48 bits per heavy atom. The van der Waals surface area contributed by atoms with Crippen LogP contribution in [0.3, 0.4) is 0 Å². The van der Waals surface area contributed by atoms with Crippen molar-refractivity contribution in [2.75, 3.05) is 25.6 Å². The molecule has 0 saturated carbocycles. The lowest BCUT2D eigenvalue weighted by Crippen LogP contribution is -2.45. The third-order valence-corrected chi connectivity index (χ3v) is 12.2. The molecule has 0 radical (unpaired) electrons. The standard InChI is InChI=1S/C32H44N2O7Si/c1-9-15-39-31(37)33-27-18-29(40-20-23-13-11-10-12-14-23)28(38-6)17-26(27)30(36)34-19-24(22(2)35)16-25(34)21-41-42(7,8)32(3,4)5/h9-14,17-19,22,25,35H,1,15-16,20-21H2,2-8H3,(H,33,37)/t22-,25-/m0/s1. The van der Waals surface area contributed by atoms with E-state index in [0.29, 0.717) is 24.5 Å². The Morgan fingerprint density at radius 1 is 1.19 bits per heavy atom. The summed E-state index contributed by atoms with van der Waals surface area (Å²) in [5.41, 5.74) is 2.04. The lowest BCUT2D eigenvalue weighted by molar-refractivity contribution is 0.0737. The monoisotopic (exact) mass is 596 g/mol. The van der Waals surface area contributed by atoms with Crippen LogP contribution in [0.5, 0.6) is 11.5 Å². The zero-order valence-corrected chi connectivity index (χ0v) is 26.7. The van der Waals surface area contributed by atoms with Crippen molar-refractivity contribution in [1.82, 2.24) is 4.90 Å². The quantitative estimate of drug-likeness (QED) is 0.213. The van der Waals surface area contributed by atoms with Crippen molar-refractivity contribution in [1.29, 1.82) is 0 Å². The molecule has 2 atom stereocenters. The fourth-order valence-corrected chi connectivity index (χ4v) is 5.18. The van der Waals surface area contributed by atoms with Gasteiger partial charge >= 0.3 is 6.09 Å². The maximum atomic E-state index is 14.2. The summed E-state index contributed by atoms with van der Waals surface area (Å²) >= 11 is 0. The Morgan fingerprint density at radius 2 is 1.88 bits per heavy atom. The maximum absolute atomic E-state index is 14.2. The number of nitrogens with one attached hydrogen (secondary N) is 1. The van der Waals surface area contributed by atoms with Crippen molar-refractivity contribution in [3.8, 4) is 11.5 Å². The van der Waals surface area contributed by atoms with Crippen LogP contribution in [0.4, 0.5) is 10.5 Å². The minimum Gasteiger partial charge on any atom is -0.493 e. The Balaban J connectivity index is 1.99. The number of carbonyl (C=O) groups is 2. The largest absolute Gasteiger partial charge is 0.493 e. The Labute approximate surface area is 250 Å². The van der Waals surface area contributed by atoms with Crippen LogP contribution in [-0.2, 0) is 15.8 Å². The van der Waals surface area contributed by atoms with E-state index in [2.05, 4.69) is 45.8 Å². The second-order valence-electron chi connectivity index (χ2n) is 11.9. The molecule has 1 heterocycles. The number of rotatable bonds is 12. The van der Waals surface area contributed by atoms with Crippen molar-refractivity contribution in [3.05, 3.63) is 78.0 Å². The second-order valence-corrected chi connectivity index (χ2v) is 16.7. The van der Waals surface area contributed by atoms with Crippen LogP contribution < -0.4 is 14.8 Å². The summed E-state index contributed by atoms with van der Waals surface area (Å²) in [7, 11) is -0.624. The normalized spacial score (nSPS) is 16.0. The molecule has 0 saturated heterocycles. The number of carbonyl (C=O) groups excluding carboxylic acids is 2. The van der Waals surface area contributed by atoms with Gasteiger partial charge < -0.3 is 28.6 Å². The summed E-state index contributed by atoms with van der Waals surface area (Å²) < 4.78 is 23.3. The van der Waals surface area contributed by atoms with Crippen LogP contribution in [0.25, 0.3) is 0 Å². The number of hydrogen-bond acceptors (Lipinski definition) is 7. The molecule has 0 unspecified atom stereocenters. The highest BCUT2D eigenvalue weighted by Crippen LogP contribution is 2.39. The van der Waals surface area contributed by atoms with Gasteiger partial charge in [-0.05, 0) is 48.7 Å². The fourth-order valence-electron chi connectivity index (χ4n) is 4.14. The van der Waals surface area contributed by atoms with E-state index in [1.54, 1.807) is 30.2 Å². The fraction of sp³-hybridized carbons (Fsp3) is 0.438. The molecule has 0 spiro atoms. The van der Waals surface area contributed by atoms with Crippen molar-refractivity contribution in [2.45, 2.75) is 71.0 Å². The lowest BCUT2D eigenvalue weighted by atomic mass is 10.1. The van der Waals surface area contributed by atoms with Gasteiger partial charge in [-0.2, -0.15) is 0 Å². The van der Waals surface area contributed by atoms with Gasteiger partial charge in [-0.1, -0.05) is 63.8 Å². The third kappa shape index (κ3) is 8.24. The molecule has 1 aliphatic rings. The van der Waals surface area contributed by atoms with Crippen molar-refractivity contribution < 1.29 is 33.3 Å². The average Bonchev–Trinajstić information content (AvgIpc) is 3.38. The molecule has 0 fully saturated rings. The van der Waals surface area contributed by atoms with Gasteiger partial charge in [-0.25, -0.2) is 4.79 Å². The molecule has 2 aromatic rings. The Hall–Kier alpha value is -3.60. The third-order valence-electron chi connectivity index (χ3n) is 7.72. The first kappa shape index (κ1) is 32.9. The van der Waals surface area contributed by atoms with Crippen molar-refractivity contribution in [2.24, 2.45) is 0 Å². The highest BCUT2D eigenvalue weighted by atomic mass is 28.4. The summed E-state index contributed by atoms with van der Waals surface area (Å²) in [6.45, 7) is 16.6. The lowest BCUT2D eigenvalue weighted by Gasteiger charge is -2.38. The van der Waals surface area contributed by atoms with E-state index in [1.807, 2.05) is 30.3 Å². The van der Waals surface area contributed by atoms with Crippen molar-refractivity contribution >= 4 is 26.0 Å². The molecule has 2 N–H and O–H groups in total. The van der Waals surface area contributed by atoms with Crippen LogP contribution in [0, 0.1) is 0 Å². The Bertz CT molecular complexity index is 1290. The Kier molecular flexibility index (Phi) is 11.0. The van der Waals surface area contributed by atoms with Gasteiger partial charge in [0.15, 0.2) is 19.8 Å². The summed E-state index contributed by atoms with van der Waals surface area (Å²) in [5.74, 6) is 0.282. The molecule has 42 heavy (non-hydrogen) atoms. The zero-order chi connectivity index (χ0) is 31.1. The topological polar surface area (TPSA) is 107 Å². The summed E-state index contributed by atoms with van der Waals surface area (Å²) in [6, 6.07) is 12.4. The highest BCUT2D eigenvalue weighted by Gasteiger charge is 2.40. The molecule has 2 aromatic carbocycles. The number of ether oxygens (including phenoxy) is 3. The van der Waals surface area contributed by atoms with Crippen LogP contribution in [0.2, 0.25) is 18.1 Å². The number of benzene rings is 2. The van der Waals surface area contributed by atoms with Gasteiger partial charge in [-0.3, -0.25) is 10.1 Å². The number of aliphatic hydroxyl groups is 1. The molecular weight excluding hydrogens is 552 g/mol. The minimum absolute atomic E-state index is 0.00209. The molecule has 10 heteroatoms. The molecule has 0 bridgehead atoms. The number of nitrogens with zero attached hydrogens (tertiary/aromatic N) is 1. The first-order valence-corrected chi connectivity index (χ1v) is 17.0. The summed E-state index contributed by atoms with van der Waals surface area (Å²) in [5, 5.41) is 13.0. The molecule has 2 amide bonds. The van der Waals surface area contributed by atoms with E-state index >= 15 is 0 Å². The zero-order valence-electron chi connectivity index (χ0n) is 25.7. The van der Waals surface area contributed by atoms with Gasteiger partial charge in [0.25, 0.3) is 5.91 Å². The van der Waals surface area contributed by atoms with Crippen LogP contribution in [-0.4, -0.2) is 62.8 Å². The second kappa shape index (κ2) is 14.0. The van der Waals surface area contributed by atoms with Crippen LogP contribution >= 0.6 is 0 Å². The van der Waals surface area contributed by atoms with Gasteiger partial charge in [0.1, 0.15) is 13.2 Å². The van der Waals surface area contributed by atoms with Gasteiger partial charge in [0.05, 0.1) is 37.1 Å². The molecule has 3 rings (SSSR count). The SMILES string of the molecule is C=CCOC(=O)Nc1cc(OCc2ccccc2)c(OC)cc1C(=O)N1C=C([C@H](C)O)C[C@H]1CO[Si](C)(C)C(C)(C)C. The van der Waals surface area contributed by atoms with E-state index in [1.165, 1.54) is 13.2 Å². The molecule has 1 aliphatic heterocycles.